The van der Waals surface area contributed by atoms with E-state index in [0.29, 0.717) is 12.2 Å². The maximum atomic E-state index is 12.2. The molecule has 4 N–H and O–H groups in total. The number of amides is 1. The summed E-state index contributed by atoms with van der Waals surface area (Å²) in [4.78, 5) is 36.7. The number of carbonyl (C=O) groups excluding carboxylic acids is 1. The summed E-state index contributed by atoms with van der Waals surface area (Å²) in [7, 11) is 0. The molecule has 1 aliphatic rings. The van der Waals surface area contributed by atoms with Crippen LogP contribution in [0, 0.1) is 0 Å². The van der Waals surface area contributed by atoms with Gasteiger partial charge in [-0.05, 0) is 19.8 Å². The van der Waals surface area contributed by atoms with Crippen molar-refractivity contribution >= 4 is 23.0 Å². The van der Waals surface area contributed by atoms with Crippen molar-refractivity contribution in [1.82, 2.24) is 29.7 Å². The molecule has 1 unspecified atom stereocenters. The number of carbonyl (C=O) groups is 1. The summed E-state index contributed by atoms with van der Waals surface area (Å²) >= 11 is 0. The Bertz CT molecular complexity index is 776. The van der Waals surface area contributed by atoms with Crippen molar-refractivity contribution in [2.75, 3.05) is 18.8 Å². The molecule has 130 valence electrons. The molecule has 2 aromatic rings. The van der Waals surface area contributed by atoms with Crippen molar-refractivity contribution in [3.63, 3.8) is 0 Å². The molecule has 1 atom stereocenters. The molecule has 3 rings (SSSR count). The van der Waals surface area contributed by atoms with Crippen LogP contribution in [0.25, 0.3) is 11.2 Å². The summed E-state index contributed by atoms with van der Waals surface area (Å²) in [5.74, 6) is 0.00478. The van der Waals surface area contributed by atoms with Crippen molar-refractivity contribution < 1.29 is 4.79 Å². The zero-order valence-corrected chi connectivity index (χ0v) is 13.8. The largest absolute Gasteiger partial charge is 0.369 e. The Kier molecular flexibility index (Phi) is 4.79. The zero-order chi connectivity index (χ0) is 17.1. The van der Waals surface area contributed by atoms with Gasteiger partial charge in [-0.15, -0.1) is 0 Å². The van der Waals surface area contributed by atoms with E-state index in [2.05, 4.69) is 25.2 Å². The second-order valence-corrected chi connectivity index (χ2v) is 6.15. The predicted octanol–water partition coefficient (Wildman–Crippen LogP) is 0.0400. The van der Waals surface area contributed by atoms with Gasteiger partial charge in [0.1, 0.15) is 0 Å². The molecule has 0 saturated carbocycles. The number of nitrogens with zero attached hydrogens (tertiary/aromatic N) is 4. The van der Waals surface area contributed by atoms with Gasteiger partial charge < -0.3 is 15.6 Å². The SMILES string of the molecule is CC(NC(=O)CCn1cnc2c(=O)[nH]c(N)nc21)N1CCCCC1. The molecule has 0 radical (unpaired) electrons. The molecule has 1 fully saturated rings. The minimum absolute atomic E-state index is 0.0345. The molecule has 0 bridgehead atoms. The van der Waals surface area contributed by atoms with E-state index >= 15 is 0 Å². The lowest BCUT2D eigenvalue weighted by molar-refractivity contribution is -0.123. The van der Waals surface area contributed by atoms with Gasteiger partial charge in [-0.2, -0.15) is 4.98 Å². The number of hydrogen-bond acceptors (Lipinski definition) is 6. The highest BCUT2D eigenvalue weighted by Gasteiger charge is 2.18. The van der Waals surface area contributed by atoms with Crippen LogP contribution in [-0.2, 0) is 11.3 Å². The number of likely N-dealkylation sites (tertiary alicyclic amines) is 1. The maximum absolute atomic E-state index is 12.2. The Morgan fingerprint density at radius 3 is 2.92 bits per heavy atom. The number of anilines is 1. The van der Waals surface area contributed by atoms with Gasteiger partial charge in [-0.1, -0.05) is 6.42 Å². The third-order valence-corrected chi connectivity index (χ3v) is 4.38. The minimum atomic E-state index is -0.376. The number of piperidine rings is 1. The fourth-order valence-corrected chi connectivity index (χ4v) is 3.06. The van der Waals surface area contributed by atoms with E-state index in [0.717, 1.165) is 13.1 Å². The van der Waals surface area contributed by atoms with Crippen LogP contribution in [0.4, 0.5) is 5.95 Å². The van der Waals surface area contributed by atoms with Gasteiger partial charge in [0.2, 0.25) is 11.9 Å². The van der Waals surface area contributed by atoms with Crippen LogP contribution in [0.3, 0.4) is 0 Å². The van der Waals surface area contributed by atoms with Gasteiger partial charge >= 0.3 is 0 Å². The molecule has 0 aromatic carbocycles. The second kappa shape index (κ2) is 7.00. The first-order valence-corrected chi connectivity index (χ1v) is 8.28. The fourth-order valence-electron chi connectivity index (χ4n) is 3.06. The number of H-pyrrole nitrogens is 1. The number of fused-ring (bicyclic) bond motifs is 1. The van der Waals surface area contributed by atoms with Gasteiger partial charge in [0.25, 0.3) is 5.56 Å². The average molecular weight is 333 g/mol. The molecule has 3 heterocycles. The van der Waals surface area contributed by atoms with E-state index in [4.69, 9.17) is 5.73 Å². The lowest BCUT2D eigenvalue weighted by atomic mass is 10.1. The number of aryl methyl sites for hydroxylation is 1. The number of nitrogens with one attached hydrogen (secondary N) is 2. The lowest BCUT2D eigenvalue weighted by Crippen LogP contribution is -2.48. The van der Waals surface area contributed by atoms with Crippen LogP contribution < -0.4 is 16.6 Å². The van der Waals surface area contributed by atoms with E-state index in [1.165, 1.54) is 25.6 Å². The molecular weight excluding hydrogens is 310 g/mol. The van der Waals surface area contributed by atoms with Crippen LogP contribution in [0.1, 0.15) is 32.6 Å². The molecule has 1 saturated heterocycles. The van der Waals surface area contributed by atoms with Gasteiger partial charge in [-0.25, -0.2) is 4.98 Å². The number of nitrogens with two attached hydrogens (primary N) is 1. The Balaban J connectivity index is 1.59. The van der Waals surface area contributed by atoms with E-state index in [-0.39, 0.29) is 35.5 Å². The molecule has 0 spiro atoms. The predicted molar refractivity (Wildman–Crippen MR) is 90.2 cm³/mol. The van der Waals surface area contributed by atoms with Gasteiger partial charge in [-0.3, -0.25) is 19.5 Å². The normalized spacial score (nSPS) is 17.0. The molecular formula is C15H23N7O2. The summed E-state index contributed by atoms with van der Waals surface area (Å²) in [5.41, 5.74) is 5.81. The Morgan fingerprint density at radius 1 is 1.42 bits per heavy atom. The Hall–Kier alpha value is -2.42. The first-order valence-electron chi connectivity index (χ1n) is 8.28. The highest BCUT2D eigenvalue weighted by Crippen LogP contribution is 2.11. The molecule has 9 nitrogen and oxygen atoms in total. The lowest BCUT2D eigenvalue weighted by Gasteiger charge is -2.32. The highest BCUT2D eigenvalue weighted by molar-refractivity contribution is 5.76. The van der Waals surface area contributed by atoms with E-state index in [1.54, 1.807) is 4.57 Å². The first-order chi connectivity index (χ1) is 11.5. The molecule has 24 heavy (non-hydrogen) atoms. The summed E-state index contributed by atoms with van der Waals surface area (Å²) < 4.78 is 1.67. The minimum Gasteiger partial charge on any atom is -0.369 e. The molecule has 9 heteroatoms. The summed E-state index contributed by atoms with van der Waals surface area (Å²) in [6.45, 7) is 4.46. The van der Waals surface area contributed by atoms with E-state index < -0.39 is 0 Å². The first kappa shape index (κ1) is 16.4. The van der Waals surface area contributed by atoms with Crippen molar-refractivity contribution in [3.8, 4) is 0 Å². The van der Waals surface area contributed by atoms with Gasteiger partial charge in [0, 0.05) is 26.1 Å². The number of rotatable bonds is 5. The van der Waals surface area contributed by atoms with Crippen LogP contribution in [0.15, 0.2) is 11.1 Å². The molecule has 0 aliphatic carbocycles. The van der Waals surface area contributed by atoms with Crippen LogP contribution in [0.5, 0.6) is 0 Å². The van der Waals surface area contributed by atoms with Gasteiger partial charge in [0.05, 0.1) is 12.5 Å². The summed E-state index contributed by atoms with van der Waals surface area (Å²) in [6.07, 6.45) is 5.46. The number of aromatic amines is 1. The van der Waals surface area contributed by atoms with Crippen molar-refractivity contribution in [2.24, 2.45) is 0 Å². The summed E-state index contributed by atoms with van der Waals surface area (Å²) in [5, 5.41) is 3.02. The number of imidazole rings is 1. The Labute approximate surface area is 139 Å². The molecule has 1 amide bonds. The van der Waals surface area contributed by atoms with Crippen molar-refractivity contribution in [2.45, 2.75) is 45.3 Å². The number of hydrogen-bond donors (Lipinski definition) is 3. The number of aromatic nitrogens is 4. The topological polar surface area (TPSA) is 122 Å². The monoisotopic (exact) mass is 333 g/mol. The third kappa shape index (κ3) is 3.56. The van der Waals surface area contributed by atoms with Crippen LogP contribution >= 0.6 is 0 Å². The van der Waals surface area contributed by atoms with Gasteiger partial charge in [0.15, 0.2) is 11.2 Å². The standard InChI is InChI=1S/C15H23N7O2/c1-10(21-6-3-2-4-7-21)18-11(23)5-8-22-9-17-12-13(22)19-15(16)20-14(12)24/h9-10H,2-8H2,1H3,(H,18,23)(H3,16,19,20,24). The summed E-state index contributed by atoms with van der Waals surface area (Å²) in [6, 6.07) is 0. The fraction of sp³-hybridized carbons (Fsp3) is 0.600. The third-order valence-electron chi connectivity index (χ3n) is 4.38. The Morgan fingerprint density at radius 2 is 2.17 bits per heavy atom. The maximum Gasteiger partial charge on any atom is 0.280 e. The van der Waals surface area contributed by atoms with Crippen molar-refractivity contribution in [1.29, 1.82) is 0 Å². The smallest absolute Gasteiger partial charge is 0.280 e. The second-order valence-electron chi connectivity index (χ2n) is 6.15. The molecule has 1 aliphatic heterocycles. The molecule has 2 aromatic heterocycles. The number of nitrogen functional groups attached to an aromatic ring is 1. The highest BCUT2D eigenvalue weighted by atomic mass is 16.2. The quantitative estimate of drug-likeness (QED) is 0.710. The average Bonchev–Trinajstić information content (AvgIpc) is 2.97. The zero-order valence-electron chi connectivity index (χ0n) is 13.8. The van der Waals surface area contributed by atoms with Crippen LogP contribution in [-0.4, -0.2) is 49.6 Å². The van der Waals surface area contributed by atoms with E-state index in [9.17, 15) is 9.59 Å². The van der Waals surface area contributed by atoms with Crippen LogP contribution in [0.2, 0.25) is 0 Å². The van der Waals surface area contributed by atoms with Crippen molar-refractivity contribution in [3.05, 3.63) is 16.7 Å². The van der Waals surface area contributed by atoms with E-state index in [1.807, 2.05) is 6.92 Å².